The highest BCUT2D eigenvalue weighted by atomic mass is 32.1. The lowest BCUT2D eigenvalue weighted by atomic mass is 10.1. The van der Waals surface area contributed by atoms with Crippen molar-refractivity contribution in [3.8, 4) is 16.9 Å². The topological polar surface area (TPSA) is 42.0 Å². The maximum atomic E-state index is 13.2. The van der Waals surface area contributed by atoms with E-state index in [4.69, 9.17) is 4.74 Å². The molecule has 0 saturated carbocycles. The lowest BCUT2D eigenvalue weighted by Crippen LogP contribution is -2.35. The molecule has 3 aromatic rings. The molecule has 0 N–H and O–H groups in total. The zero-order chi connectivity index (χ0) is 22.5. The number of anilines is 1. The van der Waals surface area contributed by atoms with Crippen LogP contribution >= 0.6 is 11.3 Å². The SMILES string of the molecule is CN(Cc1ccc(OC(F)F)cc1)C(=O)c1cc(-c2ccccc2)c(N2CCOCC2)s1. The molecule has 0 bridgehead atoms. The minimum atomic E-state index is -2.86. The van der Waals surface area contributed by atoms with Gasteiger partial charge in [0.1, 0.15) is 5.75 Å². The maximum absolute atomic E-state index is 13.2. The number of carbonyl (C=O) groups is 1. The summed E-state index contributed by atoms with van der Waals surface area (Å²) in [6.45, 7) is 0.414. The second kappa shape index (κ2) is 10.1. The van der Waals surface area contributed by atoms with Crippen LogP contribution in [0.2, 0.25) is 0 Å². The first-order chi connectivity index (χ1) is 15.5. The van der Waals surface area contributed by atoms with Crippen molar-refractivity contribution in [1.82, 2.24) is 4.90 Å². The molecular formula is C24H24F2N2O3S. The van der Waals surface area contributed by atoms with Gasteiger partial charge in [0.05, 0.1) is 23.1 Å². The molecule has 2 aromatic carbocycles. The Morgan fingerprint density at radius 1 is 1.12 bits per heavy atom. The van der Waals surface area contributed by atoms with E-state index in [1.165, 1.54) is 23.5 Å². The molecule has 4 rings (SSSR count). The third kappa shape index (κ3) is 5.26. The van der Waals surface area contributed by atoms with Crippen molar-refractivity contribution in [2.24, 2.45) is 0 Å². The van der Waals surface area contributed by atoms with Gasteiger partial charge in [0.15, 0.2) is 0 Å². The number of rotatable bonds is 7. The van der Waals surface area contributed by atoms with Crippen LogP contribution in [0.3, 0.4) is 0 Å². The van der Waals surface area contributed by atoms with E-state index in [1.54, 1.807) is 24.1 Å². The zero-order valence-electron chi connectivity index (χ0n) is 17.7. The largest absolute Gasteiger partial charge is 0.435 e. The Labute approximate surface area is 189 Å². The molecule has 2 heterocycles. The van der Waals surface area contributed by atoms with Crippen LogP contribution in [0.5, 0.6) is 5.75 Å². The van der Waals surface area contributed by atoms with Gasteiger partial charge in [0.2, 0.25) is 0 Å². The molecule has 5 nitrogen and oxygen atoms in total. The van der Waals surface area contributed by atoms with Crippen LogP contribution in [0.25, 0.3) is 11.1 Å². The molecule has 0 radical (unpaired) electrons. The van der Waals surface area contributed by atoms with E-state index >= 15 is 0 Å². The number of alkyl halides is 2. The normalized spacial score (nSPS) is 13.9. The summed E-state index contributed by atoms with van der Waals surface area (Å²) in [7, 11) is 1.74. The number of carbonyl (C=O) groups excluding carboxylic acids is 1. The number of hydrogen-bond acceptors (Lipinski definition) is 5. The Balaban J connectivity index is 1.54. The third-order valence-corrected chi connectivity index (χ3v) is 6.41. The van der Waals surface area contributed by atoms with Crippen LogP contribution in [0.1, 0.15) is 15.2 Å². The molecule has 1 aromatic heterocycles. The number of ether oxygens (including phenoxy) is 2. The highest BCUT2D eigenvalue weighted by Crippen LogP contribution is 2.39. The summed E-state index contributed by atoms with van der Waals surface area (Å²) in [5.74, 6) is 0.0123. The first-order valence-electron chi connectivity index (χ1n) is 10.3. The fourth-order valence-corrected chi connectivity index (χ4v) is 4.85. The lowest BCUT2D eigenvalue weighted by molar-refractivity contribution is -0.0498. The van der Waals surface area contributed by atoms with Crippen molar-refractivity contribution in [1.29, 1.82) is 0 Å². The first-order valence-corrected chi connectivity index (χ1v) is 11.1. The average molecular weight is 459 g/mol. The molecule has 0 unspecified atom stereocenters. The molecule has 32 heavy (non-hydrogen) atoms. The molecule has 168 valence electrons. The van der Waals surface area contributed by atoms with Crippen LogP contribution < -0.4 is 9.64 Å². The molecule has 0 atom stereocenters. The quantitative estimate of drug-likeness (QED) is 0.493. The Morgan fingerprint density at radius 2 is 1.81 bits per heavy atom. The summed E-state index contributed by atoms with van der Waals surface area (Å²) in [5.41, 5.74) is 2.94. The van der Waals surface area contributed by atoms with Crippen LogP contribution in [0, 0.1) is 0 Å². The molecule has 1 fully saturated rings. The summed E-state index contributed by atoms with van der Waals surface area (Å²) in [6, 6.07) is 18.3. The first kappa shape index (κ1) is 22.2. The fraction of sp³-hybridized carbons (Fsp3) is 0.292. The van der Waals surface area contributed by atoms with Gasteiger partial charge >= 0.3 is 6.61 Å². The molecule has 1 aliphatic heterocycles. The number of amides is 1. The number of thiophene rings is 1. The van der Waals surface area contributed by atoms with Gasteiger partial charge in [-0.25, -0.2) is 0 Å². The van der Waals surface area contributed by atoms with Gasteiger partial charge in [0.25, 0.3) is 5.91 Å². The van der Waals surface area contributed by atoms with Crippen molar-refractivity contribution in [3.05, 3.63) is 71.1 Å². The Kier molecular flexibility index (Phi) is 7.02. The predicted molar refractivity (Wildman–Crippen MR) is 122 cm³/mol. The van der Waals surface area contributed by atoms with Crippen molar-refractivity contribution < 1.29 is 23.0 Å². The summed E-state index contributed by atoms with van der Waals surface area (Å²) in [4.78, 5) is 17.8. The van der Waals surface area contributed by atoms with Gasteiger partial charge in [-0.05, 0) is 29.3 Å². The molecule has 8 heteroatoms. The molecule has 0 spiro atoms. The zero-order valence-corrected chi connectivity index (χ0v) is 18.5. The summed E-state index contributed by atoms with van der Waals surface area (Å²) < 4.78 is 34.5. The van der Waals surface area contributed by atoms with Crippen molar-refractivity contribution in [2.75, 3.05) is 38.3 Å². The average Bonchev–Trinajstić information content (AvgIpc) is 3.26. The van der Waals surface area contributed by atoms with E-state index < -0.39 is 6.61 Å². The number of halogens is 2. The van der Waals surface area contributed by atoms with E-state index in [-0.39, 0.29) is 11.7 Å². The van der Waals surface area contributed by atoms with E-state index in [0.29, 0.717) is 24.6 Å². The van der Waals surface area contributed by atoms with E-state index in [2.05, 4.69) is 9.64 Å². The van der Waals surface area contributed by atoms with Gasteiger partial charge in [-0.2, -0.15) is 8.78 Å². The number of hydrogen-bond donors (Lipinski definition) is 0. The lowest BCUT2D eigenvalue weighted by Gasteiger charge is -2.28. The monoisotopic (exact) mass is 458 g/mol. The third-order valence-electron chi connectivity index (χ3n) is 5.22. The minimum absolute atomic E-state index is 0.0837. The maximum Gasteiger partial charge on any atom is 0.387 e. The fourth-order valence-electron chi connectivity index (χ4n) is 3.62. The molecule has 1 amide bonds. The second-order valence-corrected chi connectivity index (χ2v) is 8.51. The molecule has 1 saturated heterocycles. The Hall–Kier alpha value is -2.97. The highest BCUT2D eigenvalue weighted by Gasteiger charge is 2.23. The van der Waals surface area contributed by atoms with Gasteiger partial charge in [0, 0.05) is 32.2 Å². The number of benzene rings is 2. The van der Waals surface area contributed by atoms with Crippen molar-refractivity contribution in [2.45, 2.75) is 13.2 Å². The summed E-state index contributed by atoms with van der Waals surface area (Å²) in [5, 5.41) is 1.07. The van der Waals surface area contributed by atoms with Crippen molar-refractivity contribution in [3.63, 3.8) is 0 Å². The van der Waals surface area contributed by atoms with Crippen LogP contribution in [0.15, 0.2) is 60.7 Å². The smallest absolute Gasteiger partial charge is 0.387 e. The number of nitrogens with zero attached hydrogens (tertiary/aromatic N) is 2. The molecular weight excluding hydrogens is 434 g/mol. The van der Waals surface area contributed by atoms with Crippen LogP contribution in [0.4, 0.5) is 13.8 Å². The molecule has 1 aliphatic rings. The number of morpholine rings is 1. The molecule has 0 aliphatic carbocycles. The summed E-state index contributed by atoms with van der Waals surface area (Å²) >= 11 is 1.49. The second-order valence-electron chi connectivity index (χ2n) is 7.48. The van der Waals surface area contributed by atoms with Crippen LogP contribution in [-0.4, -0.2) is 50.8 Å². The van der Waals surface area contributed by atoms with Gasteiger partial charge in [-0.15, -0.1) is 11.3 Å². The highest BCUT2D eigenvalue weighted by molar-refractivity contribution is 7.18. The van der Waals surface area contributed by atoms with Crippen LogP contribution in [-0.2, 0) is 11.3 Å². The van der Waals surface area contributed by atoms with E-state index in [1.807, 2.05) is 36.4 Å². The summed E-state index contributed by atoms with van der Waals surface area (Å²) in [6.07, 6.45) is 0. The predicted octanol–water partition coefficient (Wildman–Crippen LogP) is 5.13. The Bertz CT molecular complexity index is 1040. The van der Waals surface area contributed by atoms with Gasteiger partial charge in [-0.3, -0.25) is 4.79 Å². The standard InChI is InChI=1S/C24H24F2N2O3S/c1-27(16-17-7-9-19(10-8-17)31-24(25)26)22(29)21-15-20(18-5-3-2-4-6-18)23(32-21)28-11-13-30-14-12-28/h2-10,15,24H,11-14,16H2,1H3. The minimum Gasteiger partial charge on any atom is -0.435 e. The Morgan fingerprint density at radius 3 is 2.47 bits per heavy atom. The van der Waals surface area contributed by atoms with E-state index in [9.17, 15) is 13.6 Å². The van der Waals surface area contributed by atoms with Gasteiger partial charge < -0.3 is 19.3 Å². The van der Waals surface area contributed by atoms with E-state index in [0.717, 1.165) is 34.8 Å². The van der Waals surface area contributed by atoms with Crippen molar-refractivity contribution >= 4 is 22.2 Å². The van der Waals surface area contributed by atoms with Gasteiger partial charge in [-0.1, -0.05) is 42.5 Å².